The quantitative estimate of drug-likeness (QED) is 0.750. The lowest BCUT2D eigenvalue weighted by Gasteiger charge is -2.12. The number of hydrogen-bond donors (Lipinski definition) is 1. The lowest BCUT2D eigenvalue weighted by Crippen LogP contribution is -2.09. The predicted octanol–water partition coefficient (Wildman–Crippen LogP) is 3.05. The third kappa shape index (κ3) is 3.76. The Labute approximate surface area is 91.7 Å². The summed E-state index contributed by atoms with van der Waals surface area (Å²) in [6.45, 7) is 5.90. The summed E-state index contributed by atoms with van der Waals surface area (Å²) in [6, 6.07) is 8.00. The van der Waals surface area contributed by atoms with Gasteiger partial charge in [0.05, 0.1) is 7.11 Å². The van der Waals surface area contributed by atoms with Gasteiger partial charge in [-0.25, -0.2) is 0 Å². The van der Waals surface area contributed by atoms with Gasteiger partial charge in [-0.15, -0.1) is 6.58 Å². The zero-order valence-electron chi connectivity index (χ0n) is 9.49. The Morgan fingerprint density at radius 2 is 2.00 bits per heavy atom. The normalized spacial score (nSPS) is 12.2. The van der Waals surface area contributed by atoms with E-state index in [2.05, 4.69) is 6.58 Å². The van der Waals surface area contributed by atoms with Gasteiger partial charge in [0.15, 0.2) is 0 Å². The molecule has 0 aromatic heterocycles. The van der Waals surface area contributed by atoms with E-state index in [1.54, 1.807) is 7.11 Å². The Kier molecular flexibility index (Phi) is 4.37. The van der Waals surface area contributed by atoms with Crippen LogP contribution in [-0.4, -0.2) is 7.11 Å². The van der Waals surface area contributed by atoms with E-state index in [-0.39, 0.29) is 6.04 Å². The van der Waals surface area contributed by atoms with Crippen molar-refractivity contribution in [2.45, 2.75) is 25.8 Å². The van der Waals surface area contributed by atoms with Gasteiger partial charge in [0.25, 0.3) is 0 Å². The molecule has 0 spiro atoms. The summed E-state index contributed by atoms with van der Waals surface area (Å²) in [5, 5.41) is 0. The molecule has 0 saturated carbocycles. The van der Waals surface area contributed by atoms with Gasteiger partial charge in [0.2, 0.25) is 0 Å². The Bertz CT molecular complexity index is 316. The van der Waals surface area contributed by atoms with Gasteiger partial charge < -0.3 is 10.5 Å². The maximum Gasteiger partial charge on any atom is 0.118 e. The van der Waals surface area contributed by atoms with Crippen LogP contribution >= 0.6 is 0 Å². The first-order valence-corrected chi connectivity index (χ1v) is 5.17. The summed E-state index contributed by atoms with van der Waals surface area (Å²) in [4.78, 5) is 0. The van der Waals surface area contributed by atoms with Crippen LogP contribution in [0, 0.1) is 0 Å². The average molecular weight is 205 g/mol. The number of rotatable bonds is 5. The van der Waals surface area contributed by atoms with Crippen molar-refractivity contribution in [1.29, 1.82) is 0 Å². The number of nitrogens with two attached hydrogens (primary N) is 1. The van der Waals surface area contributed by atoms with Crippen molar-refractivity contribution < 1.29 is 4.74 Å². The average Bonchev–Trinajstić information content (AvgIpc) is 2.26. The molecule has 0 aliphatic rings. The maximum atomic E-state index is 6.05. The van der Waals surface area contributed by atoms with Crippen molar-refractivity contribution in [3.63, 3.8) is 0 Å². The van der Waals surface area contributed by atoms with Crippen molar-refractivity contribution in [3.05, 3.63) is 42.0 Å². The van der Waals surface area contributed by atoms with Crippen LogP contribution in [0.1, 0.15) is 31.4 Å². The predicted molar refractivity (Wildman–Crippen MR) is 64.0 cm³/mol. The van der Waals surface area contributed by atoms with Crippen molar-refractivity contribution in [3.8, 4) is 5.75 Å². The summed E-state index contributed by atoms with van der Waals surface area (Å²) in [6.07, 6.45) is 1.93. The van der Waals surface area contributed by atoms with E-state index in [0.29, 0.717) is 0 Å². The molecule has 1 aromatic rings. The van der Waals surface area contributed by atoms with Crippen LogP contribution in [0.4, 0.5) is 0 Å². The number of methoxy groups -OCH3 is 1. The van der Waals surface area contributed by atoms with Gasteiger partial charge in [0, 0.05) is 6.04 Å². The molecular weight excluding hydrogens is 186 g/mol. The van der Waals surface area contributed by atoms with Crippen LogP contribution in [0.3, 0.4) is 0 Å². The first-order chi connectivity index (χ1) is 7.13. The second-order valence-electron chi connectivity index (χ2n) is 3.88. The molecular formula is C13H19NO. The molecule has 0 radical (unpaired) electrons. The molecule has 1 aromatic carbocycles. The van der Waals surface area contributed by atoms with E-state index < -0.39 is 0 Å². The van der Waals surface area contributed by atoms with Gasteiger partial charge in [-0.2, -0.15) is 0 Å². The first kappa shape index (κ1) is 11.8. The fraction of sp³-hybridized carbons (Fsp3) is 0.385. The number of ether oxygens (including phenoxy) is 1. The van der Waals surface area contributed by atoms with E-state index in [1.165, 1.54) is 5.57 Å². The zero-order valence-corrected chi connectivity index (χ0v) is 9.49. The molecule has 0 amide bonds. The molecule has 0 heterocycles. The molecule has 0 aliphatic heterocycles. The van der Waals surface area contributed by atoms with Crippen LogP contribution in [0.5, 0.6) is 5.75 Å². The molecule has 2 nitrogen and oxygen atoms in total. The number of benzene rings is 1. The van der Waals surface area contributed by atoms with Crippen LogP contribution in [0.25, 0.3) is 0 Å². The van der Waals surface area contributed by atoms with Gasteiger partial charge >= 0.3 is 0 Å². The van der Waals surface area contributed by atoms with Crippen molar-refractivity contribution in [2.75, 3.05) is 7.11 Å². The summed E-state index contributed by atoms with van der Waals surface area (Å²) in [7, 11) is 1.66. The van der Waals surface area contributed by atoms with E-state index >= 15 is 0 Å². The minimum Gasteiger partial charge on any atom is -0.497 e. The van der Waals surface area contributed by atoms with Crippen molar-refractivity contribution in [1.82, 2.24) is 0 Å². The summed E-state index contributed by atoms with van der Waals surface area (Å²) >= 11 is 0. The van der Waals surface area contributed by atoms with E-state index in [0.717, 1.165) is 24.2 Å². The molecule has 82 valence electrons. The van der Waals surface area contributed by atoms with Gasteiger partial charge in [0.1, 0.15) is 5.75 Å². The Morgan fingerprint density at radius 3 is 2.47 bits per heavy atom. The molecule has 0 bridgehead atoms. The molecule has 1 atom stereocenters. The minimum atomic E-state index is 0.0904. The van der Waals surface area contributed by atoms with E-state index in [4.69, 9.17) is 10.5 Å². The highest BCUT2D eigenvalue weighted by Gasteiger charge is 2.05. The van der Waals surface area contributed by atoms with Crippen LogP contribution in [0.15, 0.2) is 36.4 Å². The van der Waals surface area contributed by atoms with Crippen molar-refractivity contribution >= 4 is 0 Å². The minimum absolute atomic E-state index is 0.0904. The summed E-state index contributed by atoms with van der Waals surface area (Å²) < 4.78 is 5.09. The van der Waals surface area contributed by atoms with Crippen LogP contribution in [-0.2, 0) is 0 Å². The fourth-order valence-corrected chi connectivity index (χ4v) is 1.42. The smallest absolute Gasteiger partial charge is 0.118 e. The number of allylic oxidation sites excluding steroid dienone is 1. The molecule has 0 aliphatic carbocycles. The van der Waals surface area contributed by atoms with Crippen LogP contribution in [0.2, 0.25) is 0 Å². The standard InChI is InChI=1S/C13H19NO/c1-10(2)4-9-13(14)11-5-7-12(15-3)8-6-11/h5-8,13H,1,4,9,14H2,2-3H3. The Morgan fingerprint density at radius 1 is 1.40 bits per heavy atom. The lowest BCUT2D eigenvalue weighted by atomic mass is 10.0. The molecule has 2 N–H and O–H groups in total. The van der Waals surface area contributed by atoms with Gasteiger partial charge in [-0.3, -0.25) is 0 Å². The monoisotopic (exact) mass is 205 g/mol. The molecule has 0 saturated heterocycles. The van der Waals surface area contributed by atoms with Crippen molar-refractivity contribution in [2.24, 2.45) is 5.73 Å². The third-order valence-corrected chi connectivity index (χ3v) is 2.43. The SMILES string of the molecule is C=C(C)CCC(N)c1ccc(OC)cc1. The molecule has 15 heavy (non-hydrogen) atoms. The largest absolute Gasteiger partial charge is 0.497 e. The molecule has 1 unspecified atom stereocenters. The first-order valence-electron chi connectivity index (χ1n) is 5.17. The molecule has 2 heteroatoms. The van der Waals surface area contributed by atoms with Crippen LogP contribution < -0.4 is 10.5 Å². The maximum absolute atomic E-state index is 6.05. The second-order valence-corrected chi connectivity index (χ2v) is 3.88. The summed E-state index contributed by atoms with van der Waals surface area (Å²) in [5.74, 6) is 0.867. The highest BCUT2D eigenvalue weighted by Crippen LogP contribution is 2.20. The molecule has 0 fully saturated rings. The Balaban J connectivity index is 2.57. The highest BCUT2D eigenvalue weighted by molar-refractivity contribution is 5.28. The van der Waals surface area contributed by atoms with Gasteiger partial charge in [-0.05, 0) is 37.5 Å². The third-order valence-electron chi connectivity index (χ3n) is 2.43. The highest BCUT2D eigenvalue weighted by atomic mass is 16.5. The second kappa shape index (κ2) is 5.56. The van der Waals surface area contributed by atoms with E-state index in [9.17, 15) is 0 Å². The zero-order chi connectivity index (χ0) is 11.3. The topological polar surface area (TPSA) is 35.2 Å². The van der Waals surface area contributed by atoms with E-state index in [1.807, 2.05) is 31.2 Å². The molecule has 1 rings (SSSR count). The van der Waals surface area contributed by atoms with Gasteiger partial charge in [-0.1, -0.05) is 17.7 Å². The fourth-order valence-electron chi connectivity index (χ4n) is 1.42. The Hall–Kier alpha value is -1.28. The number of hydrogen-bond acceptors (Lipinski definition) is 2. The summed E-state index contributed by atoms with van der Waals surface area (Å²) in [5.41, 5.74) is 8.38. The lowest BCUT2D eigenvalue weighted by molar-refractivity contribution is 0.414.